The van der Waals surface area contributed by atoms with Crippen molar-refractivity contribution < 1.29 is 4.74 Å². The molecule has 1 rings (SSSR count). The van der Waals surface area contributed by atoms with Crippen LogP contribution in [0.4, 0.5) is 0 Å². The van der Waals surface area contributed by atoms with Gasteiger partial charge in [0.1, 0.15) is 0 Å². The lowest BCUT2D eigenvalue weighted by Gasteiger charge is -2.28. The van der Waals surface area contributed by atoms with Crippen molar-refractivity contribution in [3.05, 3.63) is 23.3 Å². The molecule has 1 aliphatic carbocycles. The largest absolute Gasteiger partial charge is 0.373 e. The van der Waals surface area contributed by atoms with Gasteiger partial charge in [0.2, 0.25) is 0 Å². The van der Waals surface area contributed by atoms with E-state index < -0.39 is 0 Å². The summed E-state index contributed by atoms with van der Waals surface area (Å²) < 4.78 is 5.89. The van der Waals surface area contributed by atoms with Crippen LogP contribution in [0.25, 0.3) is 0 Å². The molecule has 2 atom stereocenters. The topological polar surface area (TPSA) is 33.0 Å². The summed E-state index contributed by atoms with van der Waals surface area (Å²) >= 11 is 0. The summed E-state index contributed by atoms with van der Waals surface area (Å²) in [6, 6.07) is 2.15. The van der Waals surface area contributed by atoms with Crippen molar-refractivity contribution in [2.45, 2.75) is 52.6 Å². The van der Waals surface area contributed by atoms with Crippen LogP contribution in [0.2, 0.25) is 0 Å². The normalized spacial score (nSPS) is 23.9. The molecule has 0 N–H and O–H groups in total. The first-order valence-electron chi connectivity index (χ1n) is 6.62. The first-order chi connectivity index (χ1) is 8.22. The van der Waals surface area contributed by atoms with E-state index in [0.717, 1.165) is 19.3 Å². The van der Waals surface area contributed by atoms with E-state index in [1.54, 1.807) is 0 Å². The average Bonchev–Trinajstić information content (AvgIpc) is 2.36. The molecule has 94 valence electrons. The third-order valence-corrected chi connectivity index (χ3v) is 3.39. The molecule has 0 aliphatic heterocycles. The highest BCUT2D eigenvalue weighted by molar-refractivity contribution is 5.31. The smallest absolute Gasteiger partial charge is 0.0824 e. The van der Waals surface area contributed by atoms with Gasteiger partial charge in [-0.3, -0.25) is 0 Å². The van der Waals surface area contributed by atoms with Crippen LogP contribution in [0.5, 0.6) is 0 Å². The van der Waals surface area contributed by atoms with Gasteiger partial charge in [0.05, 0.1) is 12.2 Å². The molecule has 0 spiro atoms. The molecule has 0 aromatic rings. The van der Waals surface area contributed by atoms with Crippen LogP contribution in [0.1, 0.15) is 46.5 Å². The van der Waals surface area contributed by atoms with E-state index in [-0.39, 0.29) is 6.10 Å². The summed E-state index contributed by atoms with van der Waals surface area (Å²) in [5, 5.41) is 8.49. The van der Waals surface area contributed by atoms with Crippen LogP contribution >= 0.6 is 0 Å². The zero-order valence-corrected chi connectivity index (χ0v) is 11.2. The van der Waals surface area contributed by atoms with Gasteiger partial charge in [0.15, 0.2) is 0 Å². The van der Waals surface area contributed by atoms with Crippen molar-refractivity contribution in [3.63, 3.8) is 0 Å². The Kier molecular flexibility index (Phi) is 6.00. The standard InChI is InChI=1S/C15H23NO/c1-4-13-10-14(5-2)12(3)15(11-13)17-9-7-6-8-16/h10-12,15H,4-7,9H2,1-3H3. The zero-order chi connectivity index (χ0) is 12.7. The summed E-state index contributed by atoms with van der Waals surface area (Å²) in [5.74, 6) is 0.470. The Balaban J connectivity index is 2.57. The minimum absolute atomic E-state index is 0.198. The summed E-state index contributed by atoms with van der Waals surface area (Å²) in [5.41, 5.74) is 2.86. The second-order valence-electron chi connectivity index (χ2n) is 4.55. The van der Waals surface area contributed by atoms with Gasteiger partial charge >= 0.3 is 0 Å². The number of unbranched alkanes of at least 4 members (excludes halogenated alkanes) is 1. The third kappa shape index (κ3) is 4.02. The molecule has 0 fully saturated rings. The summed E-state index contributed by atoms with van der Waals surface area (Å²) in [6.07, 6.45) is 8.34. The maximum absolute atomic E-state index is 8.49. The predicted molar refractivity (Wildman–Crippen MR) is 70.5 cm³/mol. The molecule has 2 nitrogen and oxygen atoms in total. The van der Waals surface area contributed by atoms with E-state index >= 15 is 0 Å². The lowest BCUT2D eigenvalue weighted by molar-refractivity contribution is 0.0562. The number of hydrogen-bond donors (Lipinski definition) is 0. The molecule has 0 saturated heterocycles. The first kappa shape index (κ1) is 14.0. The molecule has 0 aromatic heterocycles. The molecule has 0 radical (unpaired) electrons. The van der Waals surface area contributed by atoms with Crippen LogP contribution in [-0.2, 0) is 4.74 Å². The highest BCUT2D eigenvalue weighted by atomic mass is 16.5. The van der Waals surface area contributed by atoms with Gasteiger partial charge in [-0.05, 0) is 24.8 Å². The minimum atomic E-state index is 0.198. The Bertz CT molecular complexity index is 335. The van der Waals surface area contributed by atoms with E-state index in [9.17, 15) is 0 Å². The Morgan fingerprint density at radius 2 is 2.12 bits per heavy atom. The maximum Gasteiger partial charge on any atom is 0.0824 e. The number of allylic oxidation sites excluding steroid dienone is 2. The molecular weight excluding hydrogens is 210 g/mol. The molecule has 0 bridgehead atoms. The molecule has 0 aromatic carbocycles. The Morgan fingerprint density at radius 1 is 1.35 bits per heavy atom. The van der Waals surface area contributed by atoms with Crippen LogP contribution < -0.4 is 0 Å². The molecule has 0 saturated carbocycles. The van der Waals surface area contributed by atoms with E-state index in [2.05, 4.69) is 39.0 Å². The fourth-order valence-electron chi connectivity index (χ4n) is 2.19. The quantitative estimate of drug-likeness (QED) is 0.650. The van der Waals surface area contributed by atoms with Crippen LogP contribution in [0.3, 0.4) is 0 Å². The molecule has 2 unspecified atom stereocenters. The number of rotatable bonds is 6. The van der Waals surface area contributed by atoms with Gasteiger partial charge in [-0.25, -0.2) is 0 Å². The van der Waals surface area contributed by atoms with Crippen molar-refractivity contribution in [2.75, 3.05) is 6.61 Å². The number of hydrogen-bond acceptors (Lipinski definition) is 2. The predicted octanol–water partition coefficient (Wildman–Crippen LogP) is 4.00. The zero-order valence-electron chi connectivity index (χ0n) is 11.2. The lowest BCUT2D eigenvalue weighted by atomic mass is 9.85. The van der Waals surface area contributed by atoms with Crippen molar-refractivity contribution in [2.24, 2.45) is 5.92 Å². The third-order valence-electron chi connectivity index (χ3n) is 3.39. The fourth-order valence-corrected chi connectivity index (χ4v) is 2.19. The van der Waals surface area contributed by atoms with E-state index in [0.29, 0.717) is 18.9 Å². The summed E-state index contributed by atoms with van der Waals surface area (Å²) in [7, 11) is 0. The van der Waals surface area contributed by atoms with Crippen LogP contribution in [-0.4, -0.2) is 12.7 Å². The molecule has 1 aliphatic rings. The Hall–Kier alpha value is -1.07. The second kappa shape index (κ2) is 7.29. The SMILES string of the molecule is CCC1=CC(OCCCC#N)C(C)C(CC)=C1. The van der Waals surface area contributed by atoms with Gasteiger partial charge < -0.3 is 4.74 Å². The van der Waals surface area contributed by atoms with Crippen molar-refractivity contribution >= 4 is 0 Å². The van der Waals surface area contributed by atoms with Crippen LogP contribution in [0.15, 0.2) is 23.3 Å². The van der Waals surface area contributed by atoms with Gasteiger partial charge in [-0.2, -0.15) is 5.26 Å². The average molecular weight is 233 g/mol. The van der Waals surface area contributed by atoms with E-state index in [1.165, 1.54) is 11.1 Å². The van der Waals surface area contributed by atoms with Crippen molar-refractivity contribution in [3.8, 4) is 6.07 Å². The van der Waals surface area contributed by atoms with Crippen molar-refractivity contribution in [1.29, 1.82) is 5.26 Å². The number of nitriles is 1. The molecule has 2 heteroatoms. The van der Waals surface area contributed by atoms with Gasteiger partial charge in [0, 0.05) is 18.9 Å². The number of ether oxygens (including phenoxy) is 1. The highest BCUT2D eigenvalue weighted by Crippen LogP contribution is 2.29. The molecule has 0 amide bonds. The highest BCUT2D eigenvalue weighted by Gasteiger charge is 2.22. The first-order valence-corrected chi connectivity index (χ1v) is 6.62. The number of nitrogens with zero attached hydrogens (tertiary/aromatic N) is 1. The maximum atomic E-state index is 8.49. The molecular formula is C15H23NO. The monoisotopic (exact) mass is 233 g/mol. The molecule has 17 heavy (non-hydrogen) atoms. The van der Waals surface area contributed by atoms with Gasteiger partial charge in [-0.15, -0.1) is 0 Å². The van der Waals surface area contributed by atoms with Crippen LogP contribution in [0, 0.1) is 17.2 Å². The summed E-state index contributed by atoms with van der Waals surface area (Å²) in [4.78, 5) is 0. The van der Waals surface area contributed by atoms with E-state index in [1.807, 2.05) is 0 Å². The van der Waals surface area contributed by atoms with Crippen molar-refractivity contribution in [1.82, 2.24) is 0 Å². The summed E-state index contributed by atoms with van der Waals surface area (Å²) in [6.45, 7) is 7.30. The molecule has 0 heterocycles. The van der Waals surface area contributed by atoms with E-state index in [4.69, 9.17) is 10.00 Å². The Labute approximate surface area is 105 Å². The Morgan fingerprint density at radius 3 is 2.71 bits per heavy atom. The van der Waals surface area contributed by atoms with Gasteiger partial charge in [-0.1, -0.05) is 38.5 Å². The second-order valence-corrected chi connectivity index (χ2v) is 4.55. The fraction of sp³-hybridized carbons (Fsp3) is 0.667. The van der Waals surface area contributed by atoms with Gasteiger partial charge in [0.25, 0.3) is 0 Å². The minimum Gasteiger partial charge on any atom is -0.373 e. The lowest BCUT2D eigenvalue weighted by Crippen LogP contribution is -2.25.